The molecule has 0 saturated carbocycles. The number of piperidine rings is 1. The first-order valence-electron chi connectivity index (χ1n) is 9.38. The minimum absolute atomic E-state index is 0.0204. The number of thiophene rings is 1. The maximum atomic E-state index is 13.1. The number of hydrogen-bond donors (Lipinski definition) is 1. The molecule has 1 fully saturated rings. The molecule has 1 atom stereocenters. The first-order chi connectivity index (χ1) is 14.0. The predicted molar refractivity (Wildman–Crippen MR) is 118 cm³/mol. The van der Waals surface area contributed by atoms with Crippen molar-refractivity contribution in [3.63, 3.8) is 0 Å². The molecule has 8 heteroatoms. The molecule has 2 amide bonds. The summed E-state index contributed by atoms with van der Waals surface area (Å²) < 4.78 is 0. The molecule has 5 nitrogen and oxygen atoms in total. The van der Waals surface area contributed by atoms with Gasteiger partial charge in [-0.1, -0.05) is 23.7 Å². The number of likely N-dealkylation sites (tertiary alicyclic amines) is 1. The Hall–Kier alpha value is -2.22. The second-order valence-corrected chi connectivity index (χ2v) is 9.40. The largest absolute Gasteiger partial charge is 0.337 e. The van der Waals surface area contributed by atoms with Gasteiger partial charge in [-0.05, 0) is 43.5 Å². The Morgan fingerprint density at radius 1 is 1.31 bits per heavy atom. The number of aromatic nitrogens is 1. The zero-order valence-electron chi connectivity index (χ0n) is 15.9. The molecular weight excluding hydrogens is 426 g/mol. The fraction of sp³-hybridized carbons (Fsp3) is 0.286. The topological polar surface area (TPSA) is 62.3 Å². The molecule has 1 aromatic carbocycles. The Morgan fingerprint density at radius 3 is 2.90 bits per heavy atom. The summed E-state index contributed by atoms with van der Waals surface area (Å²) in [4.78, 5) is 32.7. The summed E-state index contributed by atoms with van der Waals surface area (Å²) in [5.74, 6) is 0.0389. The standard InChI is InChI=1S/C21H20ClN3O2S2/c1-13-11-17(24-19(26)15-6-2-3-7-16(15)22)29-18(13)21(27)25-9-4-5-14(12-25)20-23-8-10-28-20/h2-3,6-8,10-11,14H,4-5,9,12H2,1H3,(H,24,26). The van der Waals surface area contributed by atoms with Crippen LogP contribution in [0.4, 0.5) is 5.00 Å². The quantitative estimate of drug-likeness (QED) is 0.581. The number of halogens is 1. The molecule has 3 heterocycles. The molecule has 0 aliphatic carbocycles. The van der Waals surface area contributed by atoms with E-state index in [1.165, 1.54) is 11.3 Å². The van der Waals surface area contributed by atoms with Gasteiger partial charge in [0.1, 0.15) is 0 Å². The highest BCUT2D eigenvalue weighted by molar-refractivity contribution is 7.18. The van der Waals surface area contributed by atoms with Crippen LogP contribution >= 0.6 is 34.3 Å². The van der Waals surface area contributed by atoms with Gasteiger partial charge < -0.3 is 10.2 Å². The van der Waals surface area contributed by atoms with Crippen LogP contribution in [-0.2, 0) is 0 Å². The second kappa shape index (κ2) is 8.65. The third-order valence-corrected chi connectivity index (χ3v) is 7.38. The third-order valence-electron chi connectivity index (χ3n) is 4.98. The van der Waals surface area contributed by atoms with Crippen LogP contribution in [0.15, 0.2) is 41.9 Å². The van der Waals surface area contributed by atoms with E-state index in [-0.39, 0.29) is 11.8 Å². The van der Waals surface area contributed by atoms with Crippen LogP contribution in [0.3, 0.4) is 0 Å². The van der Waals surface area contributed by atoms with E-state index in [1.807, 2.05) is 29.5 Å². The maximum absolute atomic E-state index is 13.1. The molecule has 4 rings (SSSR count). The fourth-order valence-electron chi connectivity index (χ4n) is 3.52. The number of hydrogen-bond acceptors (Lipinski definition) is 5. The van der Waals surface area contributed by atoms with Crippen LogP contribution in [0.2, 0.25) is 5.02 Å². The van der Waals surface area contributed by atoms with Crippen molar-refractivity contribution in [3.05, 3.63) is 67.9 Å². The zero-order valence-corrected chi connectivity index (χ0v) is 18.2. The van der Waals surface area contributed by atoms with Crippen LogP contribution in [-0.4, -0.2) is 34.8 Å². The van der Waals surface area contributed by atoms with E-state index in [9.17, 15) is 9.59 Å². The molecule has 2 aromatic heterocycles. The van der Waals surface area contributed by atoms with Crippen molar-refractivity contribution in [2.45, 2.75) is 25.7 Å². The number of benzene rings is 1. The SMILES string of the molecule is Cc1cc(NC(=O)c2ccccc2Cl)sc1C(=O)N1CCCC(c2nccs2)C1. The van der Waals surface area contributed by atoms with E-state index in [4.69, 9.17) is 11.6 Å². The lowest BCUT2D eigenvalue weighted by Gasteiger charge is -2.31. The van der Waals surface area contributed by atoms with Gasteiger partial charge in [0.25, 0.3) is 11.8 Å². The molecule has 1 saturated heterocycles. The Bertz CT molecular complexity index is 1030. The molecule has 3 aromatic rings. The Kier molecular flexibility index (Phi) is 5.99. The van der Waals surface area contributed by atoms with Gasteiger partial charge in [0, 0.05) is 30.6 Å². The van der Waals surface area contributed by atoms with Crippen LogP contribution in [0.25, 0.3) is 0 Å². The van der Waals surface area contributed by atoms with E-state index in [2.05, 4.69) is 10.3 Å². The number of aryl methyl sites for hydroxylation is 1. The van der Waals surface area contributed by atoms with Crippen LogP contribution in [0.1, 0.15) is 49.4 Å². The second-order valence-electron chi connectivity index (χ2n) is 7.02. The van der Waals surface area contributed by atoms with Crippen molar-refractivity contribution in [2.75, 3.05) is 18.4 Å². The van der Waals surface area contributed by atoms with E-state index in [1.54, 1.807) is 35.6 Å². The van der Waals surface area contributed by atoms with Crippen LogP contribution in [0.5, 0.6) is 0 Å². The molecule has 0 radical (unpaired) electrons. The number of thiazole rings is 1. The number of nitrogens with one attached hydrogen (secondary N) is 1. The molecular formula is C21H20ClN3O2S2. The van der Waals surface area contributed by atoms with Gasteiger partial charge in [-0.15, -0.1) is 22.7 Å². The minimum atomic E-state index is -0.280. The van der Waals surface area contributed by atoms with Crippen molar-refractivity contribution < 1.29 is 9.59 Å². The van der Waals surface area contributed by atoms with E-state index in [0.29, 0.717) is 32.9 Å². The van der Waals surface area contributed by atoms with Gasteiger partial charge in [-0.25, -0.2) is 4.98 Å². The average molecular weight is 446 g/mol. The Morgan fingerprint density at radius 2 is 2.14 bits per heavy atom. The highest BCUT2D eigenvalue weighted by atomic mass is 35.5. The Balaban J connectivity index is 1.48. The normalized spacial score (nSPS) is 16.6. The highest BCUT2D eigenvalue weighted by Crippen LogP contribution is 2.32. The lowest BCUT2D eigenvalue weighted by Crippen LogP contribution is -2.39. The zero-order chi connectivity index (χ0) is 20.4. The third kappa shape index (κ3) is 4.37. The molecule has 29 heavy (non-hydrogen) atoms. The van der Waals surface area contributed by atoms with E-state index < -0.39 is 0 Å². The lowest BCUT2D eigenvalue weighted by molar-refractivity contribution is 0.0711. The number of amides is 2. The predicted octanol–water partition coefficient (Wildman–Crippen LogP) is 5.44. The average Bonchev–Trinajstić information content (AvgIpc) is 3.38. The number of carbonyl (C=O) groups is 2. The van der Waals surface area contributed by atoms with Crippen LogP contribution < -0.4 is 5.32 Å². The van der Waals surface area contributed by atoms with Gasteiger partial charge in [-0.3, -0.25) is 9.59 Å². The van der Waals surface area contributed by atoms with Gasteiger partial charge in [0.15, 0.2) is 0 Å². The number of rotatable bonds is 4. The van der Waals surface area contributed by atoms with Gasteiger partial charge in [0.05, 0.1) is 25.5 Å². The van der Waals surface area contributed by atoms with Crippen molar-refractivity contribution in [2.24, 2.45) is 0 Å². The molecule has 1 unspecified atom stereocenters. The molecule has 0 bridgehead atoms. The first-order valence-corrected chi connectivity index (χ1v) is 11.5. The minimum Gasteiger partial charge on any atom is -0.337 e. The molecule has 150 valence electrons. The summed E-state index contributed by atoms with van der Waals surface area (Å²) in [6.45, 7) is 3.33. The monoisotopic (exact) mass is 445 g/mol. The summed E-state index contributed by atoms with van der Waals surface area (Å²) in [6.07, 6.45) is 3.84. The van der Waals surface area contributed by atoms with Crippen molar-refractivity contribution >= 4 is 51.1 Å². The van der Waals surface area contributed by atoms with Gasteiger partial charge >= 0.3 is 0 Å². The molecule has 1 aliphatic heterocycles. The smallest absolute Gasteiger partial charge is 0.264 e. The summed E-state index contributed by atoms with van der Waals surface area (Å²) in [5.41, 5.74) is 1.28. The molecule has 1 aliphatic rings. The lowest BCUT2D eigenvalue weighted by atomic mass is 9.98. The number of carbonyl (C=O) groups excluding carboxylic acids is 2. The highest BCUT2D eigenvalue weighted by Gasteiger charge is 2.28. The van der Waals surface area contributed by atoms with Crippen LogP contribution in [0, 0.1) is 6.92 Å². The van der Waals surface area contributed by atoms with Gasteiger partial charge in [-0.2, -0.15) is 0 Å². The van der Waals surface area contributed by atoms with E-state index in [0.717, 1.165) is 30.0 Å². The van der Waals surface area contributed by atoms with Crippen molar-refractivity contribution in [1.82, 2.24) is 9.88 Å². The fourth-order valence-corrected chi connectivity index (χ4v) is 5.55. The summed E-state index contributed by atoms with van der Waals surface area (Å²) in [7, 11) is 0. The molecule has 1 N–H and O–H groups in total. The summed E-state index contributed by atoms with van der Waals surface area (Å²) in [5, 5.41) is 6.98. The van der Waals surface area contributed by atoms with Gasteiger partial charge in [0.2, 0.25) is 0 Å². The summed E-state index contributed by atoms with van der Waals surface area (Å²) in [6, 6.07) is 8.75. The first kappa shape index (κ1) is 20.1. The van der Waals surface area contributed by atoms with Crippen molar-refractivity contribution in [3.8, 4) is 0 Å². The Labute approximate surface area is 182 Å². The van der Waals surface area contributed by atoms with Crippen molar-refractivity contribution in [1.29, 1.82) is 0 Å². The summed E-state index contributed by atoms with van der Waals surface area (Å²) >= 11 is 9.06. The maximum Gasteiger partial charge on any atom is 0.264 e. The number of anilines is 1. The number of nitrogens with zero attached hydrogens (tertiary/aromatic N) is 2. The van der Waals surface area contributed by atoms with E-state index >= 15 is 0 Å². The molecule has 0 spiro atoms.